The van der Waals surface area contributed by atoms with Crippen LogP contribution in [0.5, 0.6) is 0 Å². The molecule has 0 bridgehead atoms. The van der Waals surface area contributed by atoms with E-state index in [0.717, 1.165) is 10.8 Å². The molecule has 86 valence electrons. The highest BCUT2D eigenvalue weighted by Gasteiger charge is 2.20. The number of aromatic carboxylic acids is 2. The first-order valence-corrected chi connectivity index (χ1v) is 5.01. The number of carbonyl (C=O) groups is 2. The molecule has 0 aliphatic carbocycles. The second-order valence-corrected chi connectivity index (χ2v) is 3.76. The molecule has 0 atom stereocenters. The lowest BCUT2D eigenvalue weighted by Crippen LogP contribution is -2.10. The van der Waals surface area contributed by atoms with Crippen molar-refractivity contribution in [2.24, 2.45) is 0 Å². The molecule has 2 aromatic carbocycles. The van der Waals surface area contributed by atoms with Crippen molar-refractivity contribution < 1.29 is 19.8 Å². The minimum atomic E-state index is -1.23. The molecule has 2 aromatic rings. The summed E-state index contributed by atoms with van der Waals surface area (Å²) in [7, 11) is 0. The fraction of sp³-hybridized carbons (Fsp3) is 0.0769. The quantitative estimate of drug-likeness (QED) is 0.831. The van der Waals surface area contributed by atoms with Crippen molar-refractivity contribution in [2.75, 3.05) is 0 Å². The molecule has 4 heteroatoms. The first-order chi connectivity index (χ1) is 8.02. The highest BCUT2D eigenvalue weighted by atomic mass is 16.4. The summed E-state index contributed by atoms with van der Waals surface area (Å²) in [5, 5.41) is 19.6. The van der Waals surface area contributed by atoms with Gasteiger partial charge in [-0.15, -0.1) is 0 Å². The Hall–Kier alpha value is -2.36. The molecule has 0 saturated carbocycles. The van der Waals surface area contributed by atoms with Gasteiger partial charge in [-0.2, -0.15) is 0 Å². The van der Waals surface area contributed by atoms with E-state index in [0.29, 0.717) is 5.56 Å². The number of fused-ring (bicyclic) bond motifs is 1. The van der Waals surface area contributed by atoms with Crippen molar-refractivity contribution in [1.29, 1.82) is 0 Å². The average Bonchev–Trinajstić information content (AvgIpc) is 2.28. The smallest absolute Gasteiger partial charge is 0.336 e. The summed E-state index contributed by atoms with van der Waals surface area (Å²) in [5.41, 5.74) is 0.165. The van der Waals surface area contributed by atoms with E-state index in [-0.39, 0.29) is 11.1 Å². The van der Waals surface area contributed by atoms with Crippen molar-refractivity contribution in [3.8, 4) is 0 Å². The van der Waals surface area contributed by atoms with Gasteiger partial charge in [0.15, 0.2) is 0 Å². The molecule has 0 heterocycles. The molecule has 0 radical (unpaired) electrons. The Labute approximate surface area is 97.1 Å². The van der Waals surface area contributed by atoms with Crippen molar-refractivity contribution in [3.05, 3.63) is 47.0 Å². The van der Waals surface area contributed by atoms with Crippen LogP contribution in [0, 0.1) is 6.92 Å². The minimum absolute atomic E-state index is 0.142. The predicted octanol–water partition coefficient (Wildman–Crippen LogP) is 2.54. The van der Waals surface area contributed by atoms with Gasteiger partial charge in [0.1, 0.15) is 0 Å². The van der Waals surface area contributed by atoms with Gasteiger partial charge in [0.2, 0.25) is 0 Å². The number of benzene rings is 2. The first-order valence-electron chi connectivity index (χ1n) is 5.01. The molecule has 2 rings (SSSR count). The van der Waals surface area contributed by atoms with E-state index >= 15 is 0 Å². The Morgan fingerprint density at radius 1 is 1.06 bits per heavy atom. The molecule has 0 fully saturated rings. The predicted molar refractivity (Wildman–Crippen MR) is 62.6 cm³/mol. The fourth-order valence-corrected chi connectivity index (χ4v) is 1.97. The number of hydrogen-bond acceptors (Lipinski definition) is 2. The standard InChI is InChI=1S/C13H10O4/c1-7-9-5-3-2-4-8(9)6-10(12(14)15)11(7)13(16)17/h2-6H,1H3,(H,14,15)(H,16,17). The molecular formula is C13H10O4. The molecule has 2 N–H and O–H groups in total. The second kappa shape index (κ2) is 3.90. The first kappa shape index (κ1) is 11.1. The normalized spacial score (nSPS) is 10.4. The monoisotopic (exact) mass is 230 g/mol. The molecule has 0 unspecified atom stereocenters. The average molecular weight is 230 g/mol. The molecule has 0 aliphatic rings. The van der Waals surface area contributed by atoms with Crippen LogP contribution >= 0.6 is 0 Å². The highest BCUT2D eigenvalue weighted by Crippen LogP contribution is 2.25. The van der Waals surface area contributed by atoms with Crippen molar-refractivity contribution in [3.63, 3.8) is 0 Å². The summed E-state index contributed by atoms with van der Waals surface area (Å²) in [6.45, 7) is 1.62. The summed E-state index contributed by atoms with van der Waals surface area (Å²) in [6, 6.07) is 8.52. The third-order valence-corrected chi connectivity index (χ3v) is 2.75. The van der Waals surface area contributed by atoms with Crippen molar-refractivity contribution >= 4 is 22.7 Å². The maximum absolute atomic E-state index is 11.1. The van der Waals surface area contributed by atoms with Crippen molar-refractivity contribution in [1.82, 2.24) is 0 Å². The van der Waals surface area contributed by atoms with E-state index in [1.54, 1.807) is 31.2 Å². The van der Waals surface area contributed by atoms with Crippen LogP contribution in [-0.4, -0.2) is 22.2 Å². The van der Waals surface area contributed by atoms with Crippen LogP contribution in [0.15, 0.2) is 30.3 Å². The van der Waals surface area contributed by atoms with Crippen LogP contribution in [0.2, 0.25) is 0 Å². The van der Waals surface area contributed by atoms with E-state index in [2.05, 4.69) is 0 Å². The van der Waals surface area contributed by atoms with Gasteiger partial charge in [0.05, 0.1) is 11.1 Å². The van der Waals surface area contributed by atoms with Crippen LogP contribution in [-0.2, 0) is 0 Å². The van der Waals surface area contributed by atoms with Gasteiger partial charge in [0.25, 0.3) is 0 Å². The van der Waals surface area contributed by atoms with Gasteiger partial charge in [-0.1, -0.05) is 24.3 Å². The molecule has 0 saturated heterocycles. The fourth-order valence-electron chi connectivity index (χ4n) is 1.97. The van der Waals surface area contributed by atoms with Gasteiger partial charge in [-0.05, 0) is 29.3 Å². The lowest BCUT2D eigenvalue weighted by molar-refractivity contribution is 0.0651. The van der Waals surface area contributed by atoms with E-state index in [1.807, 2.05) is 0 Å². The van der Waals surface area contributed by atoms with Crippen LogP contribution in [0.25, 0.3) is 10.8 Å². The molecule has 0 aliphatic heterocycles. The number of carboxylic acid groups (broad SMARTS) is 2. The molecule has 0 spiro atoms. The van der Waals surface area contributed by atoms with Gasteiger partial charge in [-0.3, -0.25) is 0 Å². The zero-order chi connectivity index (χ0) is 12.6. The van der Waals surface area contributed by atoms with Crippen LogP contribution < -0.4 is 0 Å². The minimum Gasteiger partial charge on any atom is -0.478 e. The molecule has 4 nitrogen and oxygen atoms in total. The van der Waals surface area contributed by atoms with E-state index in [1.165, 1.54) is 6.07 Å². The van der Waals surface area contributed by atoms with Gasteiger partial charge in [-0.25, -0.2) is 9.59 Å². The highest BCUT2D eigenvalue weighted by molar-refractivity contribution is 6.08. The summed E-state index contributed by atoms with van der Waals surface area (Å²) in [4.78, 5) is 22.2. The molecule has 0 aromatic heterocycles. The van der Waals surface area contributed by atoms with Crippen LogP contribution in [0.4, 0.5) is 0 Å². The summed E-state index contributed by atoms with van der Waals surface area (Å²) in [5.74, 6) is -2.44. The Morgan fingerprint density at radius 3 is 2.29 bits per heavy atom. The van der Waals surface area contributed by atoms with Crippen molar-refractivity contribution in [2.45, 2.75) is 6.92 Å². The Balaban J connectivity index is 2.94. The van der Waals surface area contributed by atoms with E-state index in [4.69, 9.17) is 10.2 Å². The molecule has 0 amide bonds. The molecule has 17 heavy (non-hydrogen) atoms. The zero-order valence-electron chi connectivity index (χ0n) is 9.10. The number of aryl methyl sites for hydroxylation is 1. The third-order valence-electron chi connectivity index (χ3n) is 2.75. The third kappa shape index (κ3) is 1.73. The zero-order valence-corrected chi connectivity index (χ0v) is 9.10. The van der Waals surface area contributed by atoms with Crippen LogP contribution in [0.1, 0.15) is 26.3 Å². The number of rotatable bonds is 2. The SMILES string of the molecule is Cc1c(C(=O)O)c(C(=O)O)cc2ccccc12. The van der Waals surface area contributed by atoms with E-state index < -0.39 is 11.9 Å². The second-order valence-electron chi connectivity index (χ2n) is 3.76. The lowest BCUT2D eigenvalue weighted by Gasteiger charge is -2.09. The Bertz CT molecular complexity index is 629. The summed E-state index contributed by atoms with van der Waals surface area (Å²) < 4.78 is 0. The van der Waals surface area contributed by atoms with E-state index in [9.17, 15) is 9.59 Å². The largest absolute Gasteiger partial charge is 0.478 e. The van der Waals surface area contributed by atoms with Gasteiger partial charge < -0.3 is 10.2 Å². The summed E-state index contributed by atoms with van der Waals surface area (Å²) >= 11 is 0. The Morgan fingerprint density at radius 2 is 1.71 bits per heavy atom. The summed E-state index contributed by atoms with van der Waals surface area (Å²) in [6.07, 6.45) is 0. The maximum atomic E-state index is 11.1. The van der Waals surface area contributed by atoms with Gasteiger partial charge >= 0.3 is 11.9 Å². The Kier molecular flexibility index (Phi) is 2.55. The lowest BCUT2D eigenvalue weighted by atomic mass is 9.95. The number of hydrogen-bond donors (Lipinski definition) is 2. The van der Waals surface area contributed by atoms with Gasteiger partial charge in [0, 0.05) is 0 Å². The van der Waals surface area contributed by atoms with Crippen LogP contribution in [0.3, 0.4) is 0 Å². The number of carboxylic acids is 2. The molecular weight excluding hydrogens is 220 g/mol. The maximum Gasteiger partial charge on any atom is 0.336 e. The topological polar surface area (TPSA) is 74.6 Å².